The molecule has 1 aromatic carbocycles. The van der Waals surface area contributed by atoms with Crippen molar-refractivity contribution in [1.82, 2.24) is 10.6 Å². The first-order chi connectivity index (χ1) is 9.69. The van der Waals surface area contributed by atoms with Crippen LogP contribution in [-0.4, -0.2) is 13.0 Å². The predicted octanol–water partition coefficient (Wildman–Crippen LogP) is 3.06. The van der Waals surface area contributed by atoms with Gasteiger partial charge < -0.3 is 10.6 Å². The maximum atomic E-state index is 13.4. The molecule has 0 amide bonds. The molecule has 0 aliphatic rings. The second-order valence-electron chi connectivity index (χ2n) is 4.49. The summed E-state index contributed by atoms with van der Waals surface area (Å²) in [7, 11) is 1.72. The Bertz CT molecular complexity index is 579. The lowest BCUT2D eigenvalue weighted by atomic mass is 10.1. The van der Waals surface area contributed by atoms with Gasteiger partial charge in [0.2, 0.25) is 0 Å². The molecule has 0 unspecified atom stereocenters. The van der Waals surface area contributed by atoms with Gasteiger partial charge in [-0.15, -0.1) is 0 Å². The van der Waals surface area contributed by atoms with Crippen molar-refractivity contribution in [1.29, 1.82) is 0 Å². The largest absolute Gasteiger partial charge is 0.352 e. The van der Waals surface area contributed by atoms with Gasteiger partial charge in [-0.3, -0.25) is 4.99 Å². The van der Waals surface area contributed by atoms with Gasteiger partial charge in [-0.25, -0.2) is 4.39 Å². The molecule has 0 aliphatic carbocycles. The number of guanidine groups is 1. The van der Waals surface area contributed by atoms with Gasteiger partial charge in [0.05, 0.1) is 0 Å². The molecule has 106 valence electrons. The zero-order valence-electron chi connectivity index (χ0n) is 11.6. The number of hydrogen-bond donors (Lipinski definition) is 2. The van der Waals surface area contributed by atoms with Crippen LogP contribution in [0.4, 0.5) is 4.39 Å². The molecular weight excluding hydrogens is 273 g/mol. The van der Waals surface area contributed by atoms with Crippen LogP contribution in [0.5, 0.6) is 0 Å². The third kappa shape index (κ3) is 4.06. The summed E-state index contributed by atoms with van der Waals surface area (Å²) >= 11 is 1.67. The van der Waals surface area contributed by atoms with Crippen molar-refractivity contribution in [3.63, 3.8) is 0 Å². The second kappa shape index (κ2) is 7.05. The Balaban J connectivity index is 1.85. The number of benzene rings is 1. The minimum Gasteiger partial charge on any atom is -0.352 e. The van der Waals surface area contributed by atoms with Crippen LogP contribution in [0.1, 0.15) is 16.7 Å². The standard InChI is InChI=1S/C15H18FN3S/c1-11-3-4-12(7-14(11)16)8-18-15(17-2)19-9-13-5-6-20-10-13/h3-7,10H,8-9H2,1-2H3,(H2,17,18,19). The second-order valence-corrected chi connectivity index (χ2v) is 5.27. The van der Waals surface area contributed by atoms with Crippen LogP contribution in [0.3, 0.4) is 0 Å². The molecule has 0 fully saturated rings. The number of halogens is 1. The van der Waals surface area contributed by atoms with E-state index < -0.39 is 0 Å². The summed E-state index contributed by atoms with van der Waals surface area (Å²) in [5, 5.41) is 10.5. The highest BCUT2D eigenvalue weighted by atomic mass is 32.1. The summed E-state index contributed by atoms with van der Waals surface area (Å²) in [5.74, 6) is 0.530. The van der Waals surface area contributed by atoms with Crippen molar-refractivity contribution in [2.24, 2.45) is 4.99 Å². The molecule has 0 aliphatic heterocycles. The van der Waals surface area contributed by atoms with Crippen molar-refractivity contribution in [2.75, 3.05) is 7.05 Å². The van der Waals surface area contributed by atoms with Gasteiger partial charge in [-0.05, 0) is 46.5 Å². The van der Waals surface area contributed by atoms with E-state index in [0.717, 1.165) is 12.1 Å². The van der Waals surface area contributed by atoms with Crippen LogP contribution < -0.4 is 10.6 Å². The number of aryl methyl sites for hydroxylation is 1. The number of nitrogens with one attached hydrogen (secondary N) is 2. The average molecular weight is 291 g/mol. The molecule has 5 heteroatoms. The van der Waals surface area contributed by atoms with Gasteiger partial charge >= 0.3 is 0 Å². The molecule has 2 rings (SSSR count). The molecule has 2 aromatic rings. The van der Waals surface area contributed by atoms with E-state index in [0.29, 0.717) is 18.1 Å². The Morgan fingerprint density at radius 2 is 1.95 bits per heavy atom. The van der Waals surface area contributed by atoms with Crippen molar-refractivity contribution in [2.45, 2.75) is 20.0 Å². The van der Waals surface area contributed by atoms with Crippen LogP contribution in [0.15, 0.2) is 40.0 Å². The lowest BCUT2D eigenvalue weighted by molar-refractivity contribution is 0.615. The van der Waals surface area contributed by atoms with E-state index in [4.69, 9.17) is 0 Å². The quantitative estimate of drug-likeness (QED) is 0.671. The summed E-state index contributed by atoms with van der Waals surface area (Å²) in [5.41, 5.74) is 2.78. The normalized spacial score (nSPS) is 11.4. The van der Waals surface area contributed by atoms with E-state index in [1.165, 1.54) is 5.56 Å². The first-order valence-corrected chi connectivity index (χ1v) is 7.34. The van der Waals surface area contributed by atoms with E-state index in [1.54, 1.807) is 37.4 Å². The molecule has 20 heavy (non-hydrogen) atoms. The van der Waals surface area contributed by atoms with Crippen LogP contribution in [0.25, 0.3) is 0 Å². The Morgan fingerprint density at radius 3 is 2.55 bits per heavy atom. The summed E-state index contributed by atoms with van der Waals surface area (Å²) in [6, 6.07) is 7.32. The zero-order valence-corrected chi connectivity index (χ0v) is 12.4. The monoisotopic (exact) mass is 291 g/mol. The molecule has 3 nitrogen and oxygen atoms in total. The lowest BCUT2D eigenvalue weighted by Gasteiger charge is -2.11. The van der Waals surface area contributed by atoms with Gasteiger partial charge in [-0.1, -0.05) is 12.1 Å². The van der Waals surface area contributed by atoms with Crippen molar-refractivity contribution >= 4 is 17.3 Å². The van der Waals surface area contributed by atoms with E-state index in [2.05, 4.69) is 27.1 Å². The highest BCUT2D eigenvalue weighted by molar-refractivity contribution is 7.07. The fraction of sp³-hybridized carbons (Fsp3) is 0.267. The Kier molecular flexibility index (Phi) is 5.12. The molecule has 0 bridgehead atoms. The maximum absolute atomic E-state index is 13.4. The van der Waals surface area contributed by atoms with Crippen LogP contribution >= 0.6 is 11.3 Å². The minimum absolute atomic E-state index is 0.175. The Morgan fingerprint density at radius 1 is 1.20 bits per heavy atom. The SMILES string of the molecule is CN=C(NCc1ccsc1)NCc1ccc(C)c(F)c1. The van der Waals surface area contributed by atoms with Crippen LogP contribution in [-0.2, 0) is 13.1 Å². The van der Waals surface area contributed by atoms with Crippen molar-refractivity contribution in [3.8, 4) is 0 Å². The smallest absolute Gasteiger partial charge is 0.191 e. The van der Waals surface area contributed by atoms with Crippen LogP contribution in [0.2, 0.25) is 0 Å². The fourth-order valence-electron chi connectivity index (χ4n) is 1.73. The Hall–Kier alpha value is -1.88. The van der Waals surface area contributed by atoms with Gasteiger partial charge in [-0.2, -0.15) is 11.3 Å². The molecule has 0 saturated heterocycles. The number of aliphatic imine (C=N–C) groups is 1. The topological polar surface area (TPSA) is 36.4 Å². The molecule has 1 heterocycles. The average Bonchev–Trinajstić information content (AvgIpc) is 2.96. The van der Waals surface area contributed by atoms with Crippen LogP contribution in [0, 0.1) is 12.7 Å². The summed E-state index contributed by atoms with van der Waals surface area (Å²) in [6.07, 6.45) is 0. The Labute approximate surface area is 122 Å². The number of hydrogen-bond acceptors (Lipinski definition) is 2. The molecule has 0 spiro atoms. The molecule has 0 saturated carbocycles. The number of thiophene rings is 1. The highest BCUT2D eigenvalue weighted by Gasteiger charge is 2.02. The molecule has 2 N–H and O–H groups in total. The first-order valence-electron chi connectivity index (χ1n) is 6.39. The zero-order chi connectivity index (χ0) is 14.4. The lowest BCUT2D eigenvalue weighted by Crippen LogP contribution is -2.36. The maximum Gasteiger partial charge on any atom is 0.191 e. The number of rotatable bonds is 4. The third-order valence-corrected chi connectivity index (χ3v) is 3.69. The summed E-state index contributed by atoms with van der Waals surface area (Å²) in [4.78, 5) is 4.15. The number of nitrogens with zero attached hydrogens (tertiary/aromatic N) is 1. The molecular formula is C15H18FN3S. The van der Waals surface area contributed by atoms with Gasteiger partial charge in [0.15, 0.2) is 5.96 Å². The third-order valence-electron chi connectivity index (χ3n) is 2.96. The van der Waals surface area contributed by atoms with Crippen molar-refractivity contribution < 1.29 is 4.39 Å². The van der Waals surface area contributed by atoms with Gasteiger partial charge in [0.25, 0.3) is 0 Å². The summed E-state index contributed by atoms with van der Waals surface area (Å²) in [6.45, 7) is 3.03. The first kappa shape index (κ1) is 14.5. The predicted molar refractivity (Wildman–Crippen MR) is 82.5 cm³/mol. The summed E-state index contributed by atoms with van der Waals surface area (Å²) < 4.78 is 13.4. The van der Waals surface area contributed by atoms with Gasteiger partial charge in [0.1, 0.15) is 5.82 Å². The van der Waals surface area contributed by atoms with Crippen molar-refractivity contribution in [3.05, 3.63) is 57.5 Å². The van der Waals surface area contributed by atoms with E-state index in [1.807, 2.05) is 11.4 Å². The van der Waals surface area contributed by atoms with Gasteiger partial charge in [0, 0.05) is 20.1 Å². The minimum atomic E-state index is -0.175. The van der Waals surface area contributed by atoms with E-state index in [9.17, 15) is 4.39 Å². The molecule has 0 radical (unpaired) electrons. The molecule has 1 aromatic heterocycles. The van der Waals surface area contributed by atoms with E-state index in [-0.39, 0.29) is 5.82 Å². The fourth-order valence-corrected chi connectivity index (χ4v) is 2.40. The van der Waals surface area contributed by atoms with E-state index >= 15 is 0 Å². The highest BCUT2D eigenvalue weighted by Crippen LogP contribution is 2.09. The molecule has 0 atom stereocenters.